The van der Waals surface area contributed by atoms with Crippen molar-refractivity contribution in [1.82, 2.24) is 20.7 Å². The topological polar surface area (TPSA) is 52.2 Å². The van der Waals surface area contributed by atoms with Gasteiger partial charge in [-0.3, -0.25) is 15.8 Å². The Balaban J connectivity index is 1.60. The second-order valence-electron chi connectivity index (χ2n) is 6.07. The third kappa shape index (κ3) is 2.80. The van der Waals surface area contributed by atoms with Crippen LogP contribution in [0.2, 0.25) is 0 Å². The Morgan fingerprint density at radius 3 is 3.15 bits per heavy atom. The first-order chi connectivity index (χ1) is 9.78. The van der Waals surface area contributed by atoms with E-state index in [0.717, 1.165) is 30.7 Å². The van der Waals surface area contributed by atoms with Crippen molar-refractivity contribution in [2.24, 2.45) is 11.8 Å². The van der Waals surface area contributed by atoms with Crippen LogP contribution in [0.4, 0.5) is 5.82 Å². The fourth-order valence-electron chi connectivity index (χ4n) is 3.52. The summed E-state index contributed by atoms with van der Waals surface area (Å²) in [5.41, 5.74) is 8.04. The van der Waals surface area contributed by atoms with Crippen LogP contribution in [0.1, 0.15) is 18.9 Å². The smallest absolute Gasteiger partial charge is 0.130 e. The van der Waals surface area contributed by atoms with E-state index in [0.29, 0.717) is 6.04 Å². The van der Waals surface area contributed by atoms with E-state index in [-0.39, 0.29) is 0 Å². The molecule has 2 fully saturated rings. The minimum atomic E-state index is 0.623. The van der Waals surface area contributed by atoms with Crippen LogP contribution in [0, 0.1) is 11.8 Å². The van der Waals surface area contributed by atoms with Crippen molar-refractivity contribution < 1.29 is 0 Å². The fraction of sp³-hybridized carbons (Fsp3) is 0.667. The summed E-state index contributed by atoms with van der Waals surface area (Å²) in [4.78, 5) is 6.94. The van der Waals surface area contributed by atoms with Crippen LogP contribution in [0.25, 0.3) is 0 Å². The molecule has 0 aliphatic carbocycles. The van der Waals surface area contributed by atoms with Crippen molar-refractivity contribution in [3.8, 4) is 0 Å². The molecule has 3 rings (SSSR count). The summed E-state index contributed by atoms with van der Waals surface area (Å²) in [7, 11) is 1.94. The molecule has 0 radical (unpaired) electrons. The lowest BCUT2D eigenvalue weighted by Gasteiger charge is -2.23. The third-order valence-electron chi connectivity index (χ3n) is 4.64. The van der Waals surface area contributed by atoms with Gasteiger partial charge in [-0.05, 0) is 30.9 Å². The Hall–Kier alpha value is -1.17. The van der Waals surface area contributed by atoms with Crippen molar-refractivity contribution in [2.75, 3.05) is 32.0 Å². The number of anilines is 1. The van der Waals surface area contributed by atoms with Gasteiger partial charge in [-0.1, -0.05) is 13.0 Å². The van der Waals surface area contributed by atoms with Crippen LogP contribution >= 0.6 is 0 Å². The van der Waals surface area contributed by atoms with Crippen molar-refractivity contribution >= 4 is 5.82 Å². The van der Waals surface area contributed by atoms with Gasteiger partial charge in [0.05, 0.1) is 0 Å². The average molecular weight is 275 g/mol. The molecule has 2 aliphatic rings. The van der Waals surface area contributed by atoms with E-state index in [1.54, 1.807) is 0 Å². The van der Waals surface area contributed by atoms with E-state index in [2.05, 4.69) is 39.0 Å². The van der Waals surface area contributed by atoms with Gasteiger partial charge in [0.1, 0.15) is 5.82 Å². The van der Waals surface area contributed by atoms with E-state index in [9.17, 15) is 0 Å². The number of hydrogen-bond donors (Lipinski definition) is 3. The SMILES string of the molecule is CNc1ncccc1CN1CCC(C2NNCC2C)C1. The average Bonchev–Trinajstić information content (AvgIpc) is 3.08. The summed E-state index contributed by atoms with van der Waals surface area (Å²) in [5, 5.41) is 3.18. The fourth-order valence-corrected chi connectivity index (χ4v) is 3.52. The van der Waals surface area contributed by atoms with Gasteiger partial charge in [-0.2, -0.15) is 0 Å². The molecular formula is C15H25N5. The van der Waals surface area contributed by atoms with Crippen LogP contribution in [0.5, 0.6) is 0 Å². The summed E-state index contributed by atoms with van der Waals surface area (Å²) in [6.07, 6.45) is 3.14. The lowest BCUT2D eigenvalue weighted by atomic mass is 9.90. The monoisotopic (exact) mass is 275 g/mol. The van der Waals surface area contributed by atoms with Gasteiger partial charge in [0.15, 0.2) is 0 Å². The predicted molar refractivity (Wildman–Crippen MR) is 81.3 cm³/mol. The van der Waals surface area contributed by atoms with Gasteiger partial charge in [0, 0.05) is 44.5 Å². The second kappa shape index (κ2) is 6.08. The molecule has 2 saturated heterocycles. The molecule has 3 atom stereocenters. The van der Waals surface area contributed by atoms with Gasteiger partial charge in [0.2, 0.25) is 0 Å². The Labute approximate surface area is 121 Å². The first kappa shape index (κ1) is 13.8. The Morgan fingerprint density at radius 1 is 1.50 bits per heavy atom. The van der Waals surface area contributed by atoms with E-state index >= 15 is 0 Å². The Morgan fingerprint density at radius 2 is 2.40 bits per heavy atom. The summed E-state index contributed by atoms with van der Waals surface area (Å²) in [6, 6.07) is 4.82. The Kier molecular flexibility index (Phi) is 4.19. The number of nitrogens with zero attached hydrogens (tertiary/aromatic N) is 2. The largest absolute Gasteiger partial charge is 0.373 e. The van der Waals surface area contributed by atoms with Gasteiger partial charge >= 0.3 is 0 Å². The maximum Gasteiger partial charge on any atom is 0.130 e. The van der Waals surface area contributed by atoms with E-state index in [1.165, 1.54) is 25.1 Å². The van der Waals surface area contributed by atoms with Crippen molar-refractivity contribution in [3.63, 3.8) is 0 Å². The number of hydrazine groups is 1. The molecule has 110 valence electrons. The molecule has 5 nitrogen and oxygen atoms in total. The number of aromatic nitrogens is 1. The molecule has 0 amide bonds. The van der Waals surface area contributed by atoms with Crippen molar-refractivity contribution in [3.05, 3.63) is 23.9 Å². The lowest BCUT2D eigenvalue weighted by Crippen LogP contribution is -2.39. The minimum Gasteiger partial charge on any atom is -0.373 e. The van der Waals surface area contributed by atoms with Crippen LogP contribution in [-0.4, -0.2) is 42.6 Å². The van der Waals surface area contributed by atoms with Gasteiger partial charge < -0.3 is 5.32 Å². The highest BCUT2D eigenvalue weighted by molar-refractivity contribution is 5.42. The van der Waals surface area contributed by atoms with E-state index < -0.39 is 0 Å². The van der Waals surface area contributed by atoms with Crippen LogP contribution in [-0.2, 0) is 6.54 Å². The molecule has 1 aromatic heterocycles. The summed E-state index contributed by atoms with van der Waals surface area (Å²) >= 11 is 0. The highest BCUT2D eigenvalue weighted by Crippen LogP contribution is 2.27. The third-order valence-corrected chi connectivity index (χ3v) is 4.64. The number of nitrogens with one attached hydrogen (secondary N) is 3. The molecule has 2 aliphatic heterocycles. The predicted octanol–water partition coefficient (Wildman–Crippen LogP) is 1.06. The molecule has 5 heteroatoms. The zero-order valence-electron chi connectivity index (χ0n) is 12.4. The lowest BCUT2D eigenvalue weighted by molar-refractivity contribution is 0.282. The maximum absolute atomic E-state index is 4.39. The normalized spacial score (nSPS) is 30.8. The zero-order valence-corrected chi connectivity index (χ0v) is 12.4. The second-order valence-corrected chi connectivity index (χ2v) is 6.07. The van der Waals surface area contributed by atoms with Crippen LogP contribution in [0.15, 0.2) is 18.3 Å². The molecule has 3 N–H and O–H groups in total. The van der Waals surface area contributed by atoms with Crippen molar-refractivity contribution in [2.45, 2.75) is 25.9 Å². The highest BCUT2D eigenvalue weighted by atomic mass is 15.4. The van der Waals surface area contributed by atoms with Crippen molar-refractivity contribution in [1.29, 1.82) is 0 Å². The number of hydrogen-bond acceptors (Lipinski definition) is 5. The minimum absolute atomic E-state index is 0.623. The number of rotatable bonds is 4. The molecule has 0 saturated carbocycles. The van der Waals surface area contributed by atoms with Gasteiger partial charge in [-0.15, -0.1) is 0 Å². The quantitative estimate of drug-likeness (QED) is 0.767. The molecule has 0 bridgehead atoms. The van der Waals surface area contributed by atoms with Crippen LogP contribution < -0.4 is 16.2 Å². The maximum atomic E-state index is 4.39. The standard InChI is InChI=1S/C15H25N5/c1-11-8-18-19-14(11)12-5-7-20(9-12)10-13-4-3-6-17-15(13)16-2/h3-4,6,11-12,14,18-19H,5,7-10H2,1-2H3,(H,16,17). The van der Waals surface area contributed by atoms with Crippen LogP contribution in [0.3, 0.4) is 0 Å². The zero-order chi connectivity index (χ0) is 13.9. The summed E-state index contributed by atoms with van der Waals surface area (Å²) in [5.74, 6) is 2.49. The van der Waals surface area contributed by atoms with E-state index in [1.807, 2.05) is 19.3 Å². The highest BCUT2D eigenvalue weighted by Gasteiger charge is 2.35. The first-order valence-electron chi connectivity index (χ1n) is 7.60. The van der Waals surface area contributed by atoms with Gasteiger partial charge in [0.25, 0.3) is 0 Å². The number of pyridine rings is 1. The Bertz CT molecular complexity index is 450. The van der Waals surface area contributed by atoms with E-state index in [4.69, 9.17) is 0 Å². The first-order valence-corrected chi connectivity index (χ1v) is 7.60. The van der Waals surface area contributed by atoms with Gasteiger partial charge in [-0.25, -0.2) is 4.98 Å². The molecule has 20 heavy (non-hydrogen) atoms. The molecule has 1 aromatic rings. The molecule has 3 unspecified atom stereocenters. The molecule has 0 aromatic carbocycles. The molecular weight excluding hydrogens is 250 g/mol. The molecule has 3 heterocycles. The number of likely N-dealkylation sites (tertiary alicyclic amines) is 1. The summed E-state index contributed by atoms with van der Waals surface area (Å²) < 4.78 is 0. The molecule has 0 spiro atoms. The summed E-state index contributed by atoms with van der Waals surface area (Å²) in [6.45, 7) is 6.79.